The number of halogens is 1. The highest BCUT2D eigenvalue weighted by atomic mass is 127. The summed E-state index contributed by atoms with van der Waals surface area (Å²) >= 11 is 0. The first-order valence-electron chi connectivity index (χ1n) is 11.1. The van der Waals surface area contributed by atoms with E-state index in [4.69, 9.17) is 14.5 Å². The van der Waals surface area contributed by atoms with Gasteiger partial charge in [0.1, 0.15) is 0 Å². The minimum atomic E-state index is 0. The summed E-state index contributed by atoms with van der Waals surface area (Å²) in [7, 11) is 0. The van der Waals surface area contributed by atoms with Crippen molar-refractivity contribution in [3.05, 3.63) is 35.4 Å². The molecule has 1 aliphatic heterocycles. The molecule has 1 unspecified atom stereocenters. The Kier molecular flexibility index (Phi) is 15.2. The normalized spacial score (nSPS) is 16.0. The van der Waals surface area contributed by atoms with Crippen molar-refractivity contribution >= 4 is 29.9 Å². The van der Waals surface area contributed by atoms with E-state index in [0.29, 0.717) is 25.2 Å². The number of aliphatic hydroxyl groups excluding tert-OH is 1. The summed E-state index contributed by atoms with van der Waals surface area (Å²) in [5, 5.41) is 16.0. The van der Waals surface area contributed by atoms with E-state index in [-0.39, 0.29) is 30.6 Å². The zero-order chi connectivity index (χ0) is 20.7. The second-order valence-corrected chi connectivity index (χ2v) is 7.69. The number of hydrogen-bond donors (Lipinski definition) is 3. The molecular weight excluding hydrogens is 493 g/mol. The van der Waals surface area contributed by atoms with Gasteiger partial charge in [-0.25, -0.2) is 4.99 Å². The molecule has 1 heterocycles. The average Bonchev–Trinajstić information content (AvgIpc) is 2.75. The van der Waals surface area contributed by atoms with Crippen molar-refractivity contribution in [2.45, 2.75) is 65.2 Å². The van der Waals surface area contributed by atoms with Gasteiger partial charge in [0.15, 0.2) is 5.96 Å². The lowest BCUT2D eigenvalue weighted by Crippen LogP contribution is -2.40. The molecule has 7 heteroatoms. The molecule has 1 aromatic rings. The van der Waals surface area contributed by atoms with Gasteiger partial charge in [-0.3, -0.25) is 0 Å². The smallest absolute Gasteiger partial charge is 0.191 e. The fourth-order valence-corrected chi connectivity index (χ4v) is 3.57. The third-order valence-electron chi connectivity index (χ3n) is 5.20. The first-order chi connectivity index (χ1) is 14.2. The van der Waals surface area contributed by atoms with Crippen LogP contribution in [0.3, 0.4) is 0 Å². The van der Waals surface area contributed by atoms with Crippen LogP contribution in [0.1, 0.15) is 57.1 Å². The van der Waals surface area contributed by atoms with Crippen LogP contribution in [0.15, 0.2) is 29.3 Å². The zero-order valence-corrected chi connectivity index (χ0v) is 20.9. The lowest BCUT2D eigenvalue weighted by molar-refractivity contribution is -0.0390. The zero-order valence-electron chi connectivity index (χ0n) is 18.6. The number of aliphatic imine (C=N–C) groups is 1. The molecule has 0 bridgehead atoms. The van der Waals surface area contributed by atoms with E-state index in [1.807, 2.05) is 0 Å². The summed E-state index contributed by atoms with van der Waals surface area (Å²) in [5.41, 5.74) is 2.36. The Morgan fingerprint density at radius 2 is 1.97 bits per heavy atom. The first kappa shape index (κ1) is 27.1. The fourth-order valence-electron chi connectivity index (χ4n) is 3.57. The maximum atomic E-state index is 9.25. The van der Waals surface area contributed by atoms with Crippen molar-refractivity contribution in [2.75, 3.05) is 32.9 Å². The van der Waals surface area contributed by atoms with Gasteiger partial charge in [0.25, 0.3) is 0 Å². The summed E-state index contributed by atoms with van der Waals surface area (Å²) in [6.45, 7) is 9.02. The number of ether oxygens (including phenoxy) is 2. The molecule has 1 aliphatic rings. The molecule has 1 aromatic carbocycles. The van der Waals surface area contributed by atoms with Gasteiger partial charge in [0.05, 0.1) is 19.3 Å². The van der Waals surface area contributed by atoms with Crippen molar-refractivity contribution < 1.29 is 14.6 Å². The SMILES string of the molecule is CCCC(CCO)CNC(=NCc1cccc(COC2CCOCC2)c1)NCC.I. The molecule has 6 nitrogen and oxygen atoms in total. The van der Waals surface area contributed by atoms with Crippen LogP contribution in [0.5, 0.6) is 0 Å². The highest BCUT2D eigenvalue weighted by Gasteiger charge is 2.14. The maximum Gasteiger partial charge on any atom is 0.191 e. The van der Waals surface area contributed by atoms with E-state index in [9.17, 15) is 5.11 Å². The minimum Gasteiger partial charge on any atom is -0.396 e. The minimum absolute atomic E-state index is 0. The van der Waals surface area contributed by atoms with Crippen LogP contribution in [0.25, 0.3) is 0 Å². The second-order valence-electron chi connectivity index (χ2n) is 7.69. The van der Waals surface area contributed by atoms with Gasteiger partial charge in [0.2, 0.25) is 0 Å². The summed E-state index contributed by atoms with van der Waals surface area (Å²) in [5.74, 6) is 1.30. The number of rotatable bonds is 12. The summed E-state index contributed by atoms with van der Waals surface area (Å²) in [6, 6.07) is 8.47. The Balaban J connectivity index is 0.00000450. The summed E-state index contributed by atoms with van der Waals surface area (Å²) < 4.78 is 11.4. The Morgan fingerprint density at radius 1 is 1.20 bits per heavy atom. The molecule has 2 rings (SSSR count). The number of aliphatic hydroxyl groups is 1. The molecule has 1 atom stereocenters. The molecule has 0 saturated carbocycles. The van der Waals surface area contributed by atoms with Crippen molar-refractivity contribution in [2.24, 2.45) is 10.9 Å². The van der Waals surface area contributed by atoms with Gasteiger partial charge < -0.3 is 25.2 Å². The maximum absolute atomic E-state index is 9.25. The van der Waals surface area contributed by atoms with Crippen molar-refractivity contribution in [1.82, 2.24) is 10.6 Å². The van der Waals surface area contributed by atoms with Gasteiger partial charge in [-0.05, 0) is 49.7 Å². The van der Waals surface area contributed by atoms with E-state index in [0.717, 1.165) is 64.4 Å². The highest BCUT2D eigenvalue weighted by molar-refractivity contribution is 14.0. The van der Waals surface area contributed by atoms with Gasteiger partial charge in [-0.2, -0.15) is 0 Å². The standard InChI is InChI=1S/C23H39N3O3.HI/c1-3-6-19(9-12-27)16-25-23(24-4-2)26-17-20-7-5-8-21(15-20)18-29-22-10-13-28-14-11-22;/h5,7-8,15,19,22,27H,3-4,6,9-14,16-18H2,1-2H3,(H2,24,25,26);1H. The predicted molar refractivity (Wildman–Crippen MR) is 133 cm³/mol. The average molecular weight is 533 g/mol. The van der Waals surface area contributed by atoms with E-state index in [2.05, 4.69) is 48.7 Å². The van der Waals surface area contributed by atoms with Crippen LogP contribution in [-0.2, 0) is 22.6 Å². The predicted octanol–water partition coefficient (Wildman–Crippen LogP) is 3.85. The van der Waals surface area contributed by atoms with Gasteiger partial charge in [-0.1, -0.05) is 37.6 Å². The topological polar surface area (TPSA) is 75.1 Å². The van der Waals surface area contributed by atoms with Gasteiger partial charge in [-0.15, -0.1) is 24.0 Å². The summed E-state index contributed by atoms with van der Waals surface area (Å²) in [6.07, 6.45) is 5.35. The van der Waals surface area contributed by atoms with Crippen LogP contribution in [-0.4, -0.2) is 50.1 Å². The molecule has 172 valence electrons. The molecule has 0 radical (unpaired) electrons. The van der Waals surface area contributed by atoms with Crippen molar-refractivity contribution in [3.63, 3.8) is 0 Å². The van der Waals surface area contributed by atoms with Crippen LogP contribution in [0.4, 0.5) is 0 Å². The van der Waals surface area contributed by atoms with Crippen molar-refractivity contribution in [3.8, 4) is 0 Å². The van der Waals surface area contributed by atoms with Gasteiger partial charge in [0, 0.05) is 32.9 Å². The largest absolute Gasteiger partial charge is 0.396 e. The van der Waals surface area contributed by atoms with Crippen LogP contribution >= 0.6 is 24.0 Å². The Hall–Kier alpha value is -0.900. The van der Waals surface area contributed by atoms with E-state index in [1.54, 1.807) is 0 Å². The molecule has 0 aliphatic carbocycles. The molecule has 0 amide bonds. The highest BCUT2D eigenvalue weighted by Crippen LogP contribution is 2.15. The third kappa shape index (κ3) is 10.9. The van der Waals surface area contributed by atoms with E-state index < -0.39 is 0 Å². The molecule has 3 N–H and O–H groups in total. The third-order valence-corrected chi connectivity index (χ3v) is 5.20. The molecule has 30 heavy (non-hydrogen) atoms. The first-order valence-corrected chi connectivity index (χ1v) is 11.1. The van der Waals surface area contributed by atoms with E-state index in [1.165, 1.54) is 11.1 Å². The molecule has 1 saturated heterocycles. The number of nitrogens with zero attached hydrogens (tertiary/aromatic N) is 1. The van der Waals surface area contributed by atoms with Crippen LogP contribution < -0.4 is 10.6 Å². The second kappa shape index (κ2) is 16.8. The summed E-state index contributed by atoms with van der Waals surface area (Å²) in [4.78, 5) is 4.74. The van der Waals surface area contributed by atoms with E-state index >= 15 is 0 Å². The Bertz CT molecular complexity index is 589. The Morgan fingerprint density at radius 3 is 2.67 bits per heavy atom. The molecule has 0 spiro atoms. The quantitative estimate of drug-likeness (QED) is 0.216. The lowest BCUT2D eigenvalue weighted by Gasteiger charge is -2.22. The number of nitrogens with one attached hydrogen (secondary N) is 2. The molecular formula is C23H40IN3O3. The van der Waals surface area contributed by atoms with Crippen molar-refractivity contribution in [1.29, 1.82) is 0 Å². The molecule has 1 fully saturated rings. The van der Waals surface area contributed by atoms with Crippen LogP contribution in [0, 0.1) is 5.92 Å². The lowest BCUT2D eigenvalue weighted by atomic mass is 10.0. The number of guanidine groups is 1. The number of benzene rings is 1. The van der Waals surface area contributed by atoms with Crippen LogP contribution in [0.2, 0.25) is 0 Å². The van der Waals surface area contributed by atoms with Gasteiger partial charge >= 0.3 is 0 Å². The fraction of sp³-hybridized carbons (Fsp3) is 0.696. The Labute approximate surface area is 199 Å². The molecule has 0 aromatic heterocycles. The number of hydrogen-bond acceptors (Lipinski definition) is 4. The monoisotopic (exact) mass is 533 g/mol.